The van der Waals surface area contributed by atoms with Crippen LogP contribution in [0.25, 0.3) is 0 Å². The van der Waals surface area contributed by atoms with Gasteiger partial charge in [-0.15, -0.1) is 0 Å². The Morgan fingerprint density at radius 3 is 3.00 bits per heavy atom. The van der Waals surface area contributed by atoms with Crippen LogP contribution in [-0.2, 0) is 11.2 Å². The molecule has 2 N–H and O–H groups in total. The van der Waals surface area contributed by atoms with E-state index in [4.69, 9.17) is 4.74 Å². The van der Waals surface area contributed by atoms with Gasteiger partial charge in [-0.1, -0.05) is 0 Å². The SMILES string of the molecule is O=C(NC1C2CCC(C2)C1CO)C1Cc2cc(F)ccc2O1. The zero-order chi connectivity index (χ0) is 15.3. The van der Waals surface area contributed by atoms with Gasteiger partial charge < -0.3 is 15.2 Å². The van der Waals surface area contributed by atoms with E-state index in [-0.39, 0.29) is 30.3 Å². The minimum Gasteiger partial charge on any atom is -0.480 e. The van der Waals surface area contributed by atoms with Crippen molar-refractivity contribution >= 4 is 5.91 Å². The molecule has 0 saturated heterocycles. The summed E-state index contributed by atoms with van der Waals surface area (Å²) in [6, 6.07) is 4.40. The summed E-state index contributed by atoms with van der Waals surface area (Å²) in [5.74, 6) is 1.32. The number of rotatable bonds is 3. The number of nitrogens with one attached hydrogen (secondary N) is 1. The van der Waals surface area contributed by atoms with Crippen molar-refractivity contribution in [1.82, 2.24) is 5.32 Å². The van der Waals surface area contributed by atoms with Crippen LogP contribution in [0.1, 0.15) is 24.8 Å². The Hall–Kier alpha value is -1.62. The quantitative estimate of drug-likeness (QED) is 0.893. The lowest BCUT2D eigenvalue weighted by molar-refractivity contribution is -0.128. The zero-order valence-corrected chi connectivity index (χ0v) is 12.3. The highest BCUT2D eigenvalue weighted by molar-refractivity contribution is 5.83. The van der Waals surface area contributed by atoms with E-state index in [9.17, 15) is 14.3 Å². The van der Waals surface area contributed by atoms with Crippen LogP contribution in [0.3, 0.4) is 0 Å². The number of carbonyl (C=O) groups is 1. The Morgan fingerprint density at radius 2 is 2.18 bits per heavy atom. The number of aliphatic hydroxyl groups is 1. The second-order valence-corrected chi connectivity index (χ2v) is 6.78. The number of fused-ring (bicyclic) bond motifs is 3. The molecule has 1 amide bonds. The van der Waals surface area contributed by atoms with E-state index in [2.05, 4.69) is 5.32 Å². The van der Waals surface area contributed by atoms with Gasteiger partial charge in [-0.05, 0) is 49.3 Å². The lowest BCUT2D eigenvalue weighted by Gasteiger charge is -2.31. The first-order chi connectivity index (χ1) is 10.7. The molecule has 22 heavy (non-hydrogen) atoms. The van der Waals surface area contributed by atoms with E-state index in [1.165, 1.54) is 12.1 Å². The van der Waals surface area contributed by atoms with Gasteiger partial charge in [0.1, 0.15) is 11.6 Å². The minimum absolute atomic E-state index is 0.0558. The first-order valence-electron chi connectivity index (χ1n) is 8.02. The molecule has 5 atom stereocenters. The van der Waals surface area contributed by atoms with Crippen molar-refractivity contribution in [3.8, 4) is 5.75 Å². The highest BCUT2D eigenvalue weighted by atomic mass is 19.1. The van der Waals surface area contributed by atoms with Crippen LogP contribution in [0.4, 0.5) is 4.39 Å². The van der Waals surface area contributed by atoms with Gasteiger partial charge in [0.2, 0.25) is 0 Å². The summed E-state index contributed by atoms with van der Waals surface area (Å²) in [5, 5.41) is 12.7. The molecule has 2 fully saturated rings. The summed E-state index contributed by atoms with van der Waals surface area (Å²) >= 11 is 0. The Kier molecular flexibility index (Phi) is 3.33. The van der Waals surface area contributed by atoms with E-state index >= 15 is 0 Å². The van der Waals surface area contributed by atoms with Crippen LogP contribution in [-0.4, -0.2) is 29.8 Å². The van der Waals surface area contributed by atoms with Gasteiger partial charge in [-0.2, -0.15) is 0 Å². The van der Waals surface area contributed by atoms with Gasteiger partial charge in [-0.3, -0.25) is 4.79 Å². The average molecular weight is 305 g/mol. The van der Waals surface area contributed by atoms with Gasteiger partial charge in [0.15, 0.2) is 6.10 Å². The highest BCUT2D eigenvalue weighted by Crippen LogP contribution is 2.48. The molecular weight excluding hydrogens is 285 g/mol. The maximum atomic E-state index is 13.2. The number of benzene rings is 1. The molecule has 4 nitrogen and oxygen atoms in total. The number of hydrogen-bond donors (Lipinski definition) is 2. The van der Waals surface area contributed by atoms with E-state index < -0.39 is 6.10 Å². The van der Waals surface area contributed by atoms with Gasteiger partial charge in [0.05, 0.1) is 0 Å². The first-order valence-corrected chi connectivity index (χ1v) is 8.02. The van der Waals surface area contributed by atoms with Gasteiger partial charge in [-0.25, -0.2) is 4.39 Å². The molecule has 2 saturated carbocycles. The number of aliphatic hydroxyl groups excluding tert-OH is 1. The topological polar surface area (TPSA) is 58.6 Å². The fourth-order valence-corrected chi connectivity index (χ4v) is 4.52. The molecule has 5 unspecified atom stereocenters. The second kappa shape index (κ2) is 5.23. The standard InChI is InChI=1S/C17H20FNO3/c18-12-3-4-14-11(6-12)7-15(22-14)17(21)19-16-10-2-1-9(5-10)13(16)8-20/h3-4,6,9-10,13,15-16,20H,1-2,5,7-8H2,(H,19,21). The van der Waals surface area contributed by atoms with Crippen LogP contribution < -0.4 is 10.1 Å². The smallest absolute Gasteiger partial charge is 0.261 e. The first kappa shape index (κ1) is 14.0. The van der Waals surface area contributed by atoms with Gasteiger partial charge in [0, 0.05) is 30.6 Å². The summed E-state index contributed by atoms with van der Waals surface area (Å²) in [6.07, 6.45) is 3.21. The van der Waals surface area contributed by atoms with Crippen molar-refractivity contribution < 1.29 is 19.0 Å². The van der Waals surface area contributed by atoms with E-state index in [1.807, 2.05) is 0 Å². The van der Waals surface area contributed by atoms with Crippen LogP contribution in [0.2, 0.25) is 0 Å². The summed E-state index contributed by atoms with van der Waals surface area (Å²) in [6.45, 7) is 0.128. The third kappa shape index (κ3) is 2.19. The molecule has 2 aliphatic carbocycles. The second-order valence-electron chi connectivity index (χ2n) is 6.78. The molecule has 118 valence electrons. The lowest BCUT2D eigenvalue weighted by Crippen LogP contribution is -2.49. The Balaban J connectivity index is 1.43. The molecule has 1 aromatic rings. The fourth-order valence-electron chi connectivity index (χ4n) is 4.52. The molecule has 3 aliphatic rings. The molecule has 0 radical (unpaired) electrons. The zero-order valence-electron chi connectivity index (χ0n) is 12.3. The van der Waals surface area contributed by atoms with Crippen molar-refractivity contribution in [2.24, 2.45) is 17.8 Å². The van der Waals surface area contributed by atoms with E-state index in [1.54, 1.807) is 6.07 Å². The molecule has 5 heteroatoms. The Labute approximate surface area is 128 Å². The maximum absolute atomic E-state index is 13.2. The summed E-state index contributed by atoms with van der Waals surface area (Å²) < 4.78 is 18.9. The third-order valence-corrected chi connectivity index (χ3v) is 5.60. The van der Waals surface area contributed by atoms with Crippen molar-refractivity contribution in [2.75, 3.05) is 6.61 Å². The third-order valence-electron chi connectivity index (χ3n) is 5.60. The van der Waals surface area contributed by atoms with Gasteiger partial charge in [0.25, 0.3) is 5.91 Å². The monoisotopic (exact) mass is 305 g/mol. The summed E-state index contributed by atoms with van der Waals surface area (Å²) in [5.41, 5.74) is 0.742. The number of hydrogen-bond acceptors (Lipinski definition) is 3. The molecule has 0 spiro atoms. The van der Waals surface area contributed by atoms with Crippen LogP contribution in [0.15, 0.2) is 18.2 Å². The van der Waals surface area contributed by atoms with Crippen molar-refractivity contribution in [2.45, 2.75) is 37.8 Å². The summed E-state index contributed by atoms with van der Waals surface area (Å²) in [7, 11) is 0. The Bertz CT molecular complexity index is 606. The van der Waals surface area contributed by atoms with Crippen molar-refractivity contribution in [3.63, 3.8) is 0 Å². The molecule has 1 aliphatic heterocycles. The van der Waals surface area contributed by atoms with Crippen molar-refractivity contribution in [3.05, 3.63) is 29.6 Å². The molecule has 4 rings (SSSR count). The average Bonchev–Trinajstić information content (AvgIpc) is 3.19. The predicted octanol–water partition coefficient (Wildman–Crippen LogP) is 1.65. The molecular formula is C17H20FNO3. The molecule has 0 aromatic heterocycles. The van der Waals surface area contributed by atoms with Gasteiger partial charge >= 0.3 is 0 Å². The number of carbonyl (C=O) groups excluding carboxylic acids is 1. The van der Waals surface area contributed by atoms with Crippen LogP contribution >= 0.6 is 0 Å². The molecule has 1 heterocycles. The van der Waals surface area contributed by atoms with E-state index in [0.29, 0.717) is 24.0 Å². The lowest BCUT2D eigenvalue weighted by atomic mass is 9.85. The minimum atomic E-state index is -0.588. The van der Waals surface area contributed by atoms with E-state index in [0.717, 1.165) is 24.8 Å². The van der Waals surface area contributed by atoms with Crippen LogP contribution in [0, 0.1) is 23.6 Å². The Morgan fingerprint density at radius 1 is 1.36 bits per heavy atom. The largest absolute Gasteiger partial charge is 0.480 e. The summed E-state index contributed by atoms with van der Waals surface area (Å²) in [4.78, 5) is 12.5. The maximum Gasteiger partial charge on any atom is 0.261 e. The van der Waals surface area contributed by atoms with Crippen LogP contribution in [0.5, 0.6) is 5.75 Å². The predicted molar refractivity (Wildman–Crippen MR) is 77.9 cm³/mol. The molecule has 2 bridgehead atoms. The normalized spacial score (nSPS) is 35.3. The fraction of sp³-hybridized carbons (Fsp3) is 0.588. The highest BCUT2D eigenvalue weighted by Gasteiger charge is 2.48. The van der Waals surface area contributed by atoms with Crippen molar-refractivity contribution in [1.29, 1.82) is 0 Å². The number of halogens is 1. The number of amides is 1. The molecule has 1 aromatic carbocycles. The number of ether oxygens (including phenoxy) is 1.